The van der Waals surface area contributed by atoms with Crippen LogP contribution < -0.4 is 0 Å². The van der Waals surface area contributed by atoms with Gasteiger partial charge < -0.3 is 18.9 Å². The number of epoxide rings is 2. The number of thioether (sulfide) groups is 1. The Kier molecular flexibility index (Phi) is 6.18. The molecule has 0 aromatic rings. The van der Waals surface area contributed by atoms with Gasteiger partial charge in [0.25, 0.3) is 0 Å². The molecule has 1 saturated carbocycles. The van der Waals surface area contributed by atoms with Crippen molar-refractivity contribution in [2.24, 2.45) is 11.8 Å². The lowest BCUT2D eigenvalue weighted by molar-refractivity contribution is -0.163. The van der Waals surface area contributed by atoms with E-state index in [0.717, 1.165) is 12.8 Å². The van der Waals surface area contributed by atoms with Crippen molar-refractivity contribution in [2.45, 2.75) is 89.5 Å². The number of carbonyl (C=O) groups is 2. The van der Waals surface area contributed by atoms with E-state index in [4.69, 9.17) is 18.9 Å². The summed E-state index contributed by atoms with van der Waals surface area (Å²) in [5, 5.41) is 1.70. The third kappa shape index (κ3) is 4.57. The lowest BCUT2D eigenvalue weighted by Gasteiger charge is -2.36. The molecular weight excluding hydrogens is 380 g/mol. The second-order valence-corrected chi connectivity index (χ2v) is 9.67. The van der Waals surface area contributed by atoms with Crippen molar-refractivity contribution >= 4 is 23.7 Å². The molecule has 2 aliphatic heterocycles. The summed E-state index contributed by atoms with van der Waals surface area (Å²) in [6, 6.07) is 0. The van der Waals surface area contributed by atoms with Gasteiger partial charge in [-0.1, -0.05) is 13.8 Å². The molecule has 0 amide bonds. The van der Waals surface area contributed by atoms with Gasteiger partial charge in [0.1, 0.15) is 18.3 Å². The summed E-state index contributed by atoms with van der Waals surface area (Å²) in [4.78, 5) is 24.3. The predicted octanol–water partition coefficient (Wildman–Crippen LogP) is 3.48. The normalized spacial score (nSPS) is 42.5. The molecular formula is C21H32O6S. The summed E-state index contributed by atoms with van der Waals surface area (Å²) in [7, 11) is 0. The molecule has 1 aliphatic carbocycles. The van der Waals surface area contributed by atoms with Crippen LogP contribution in [0.4, 0.5) is 0 Å². The van der Waals surface area contributed by atoms with E-state index in [0.29, 0.717) is 6.42 Å². The first-order chi connectivity index (χ1) is 13.1. The van der Waals surface area contributed by atoms with Crippen LogP contribution in [-0.2, 0) is 28.5 Å². The van der Waals surface area contributed by atoms with Gasteiger partial charge in [-0.15, -0.1) is 11.8 Å². The van der Waals surface area contributed by atoms with Crippen molar-refractivity contribution in [1.29, 1.82) is 0 Å². The van der Waals surface area contributed by atoms with Crippen LogP contribution in [-0.4, -0.2) is 53.8 Å². The first-order valence-corrected chi connectivity index (χ1v) is 11.3. The Bertz CT molecular complexity index is 649. The highest BCUT2D eigenvalue weighted by atomic mass is 32.2. The molecule has 6 nitrogen and oxygen atoms in total. The summed E-state index contributed by atoms with van der Waals surface area (Å²) >= 11 is 1.44. The highest BCUT2D eigenvalue weighted by Crippen LogP contribution is 2.53. The molecule has 2 heterocycles. The molecule has 0 aromatic carbocycles. The predicted molar refractivity (Wildman–Crippen MR) is 107 cm³/mol. The Labute approximate surface area is 171 Å². The minimum atomic E-state index is -0.455. The van der Waals surface area contributed by atoms with Crippen molar-refractivity contribution in [3.8, 4) is 0 Å². The number of hydrogen-bond donors (Lipinski definition) is 0. The topological polar surface area (TPSA) is 77.7 Å². The third-order valence-electron chi connectivity index (χ3n) is 6.27. The Balaban J connectivity index is 1.93. The molecule has 0 spiro atoms. The van der Waals surface area contributed by atoms with Crippen molar-refractivity contribution < 1.29 is 28.5 Å². The second kappa shape index (κ2) is 8.00. The Hall–Kier alpha value is -1.05. The van der Waals surface area contributed by atoms with Crippen molar-refractivity contribution in [3.05, 3.63) is 11.5 Å². The molecule has 3 fully saturated rings. The van der Waals surface area contributed by atoms with Gasteiger partial charge in [-0.05, 0) is 44.3 Å². The highest BCUT2D eigenvalue weighted by molar-refractivity contribution is 8.01. The maximum atomic E-state index is 12.4. The highest BCUT2D eigenvalue weighted by Gasteiger charge is 2.64. The molecule has 0 N–H and O–H groups in total. The maximum Gasteiger partial charge on any atom is 0.331 e. The van der Waals surface area contributed by atoms with Crippen LogP contribution in [0.1, 0.15) is 53.9 Å². The lowest BCUT2D eigenvalue weighted by atomic mass is 9.76. The minimum Gasteiger partial charge on any atom is -0.459 e. The third-order valence-corrected chi connectivity index (χ3v) is 6.68. The molecule has 0 aromatic heterocycles. The minimum absolute atomic E-state index is 0.125. The fourth-order valence-electron chi connectivity index (χ4n) is 4.65. The summed E-state index contributed by atoms with van der Waals surface area (Å²) in [5.41, 5.74) is -0.648. The standard InChI is InChI=1S/C21H32O6S/c1-12(2)17-14(25-16(23)8-10-28-6)11-21(5)15(26-21)7-9-20(4)19(27-20)18(17)24-13(3)22/h8,10,12,14-15,17-19H,7,9,11H2,1-6H3/b10-8-/t14-,15-,17+,18+,19-,20-,21-/m0/s1. The Morgan fingerprint density at radius 3 is 2.50 bits per heavy atom. The van der Waals surface area contributed by atoms with E-state index in [9.17, 15) is 9.59 Å². The Morgan fingerprint density at radius 1 is 1.18 bits per heavy atom. The molecule has 7 atom stereocenters. The van der Waals surface area contributed by atoms with Crippen LogP contribution in [0.25, 0.3) is 0 Å². The monoisotopic (exact) mass is 412 g/mol. The molecule has 0 unspecified atom stereocenters. The maximum absolute atomic E-state index is 12.4. The van der Waals surface area contributed by atoms with Crippen LogP contribution in [0.2, 0.25) is 0 Å². The number of esters is 2. The van der Waals surface area contributed by atoms with Crippen molar-refractivity contribution in [1.82, 2.24) is 0 Å². The quantitative estimate of drug-likeness (QED) is 0.389. The average Bonchev–Trinajstić information content (AvgIpc) is 3.44. The zero-order valence-electron chi connectivity index (χ0n) is 17.6. The summed E-state index contributed by atoms with van der Waals surface area (Å²) in [6.07, 6.45) is 4.74. The summed E-state index contributed by atoms with van der Waals surface area (Å²) in [5.74, 6) is -0.781. The average molecular weight is 413 g/mol. The van der Waals surface area contributed by atoms with E-state index in [1.807, 2.05) is 6.26 Å². The largest absolute Gasteiger partial charge is 0.459 e. The van der Waals surface area contributed by atoms with E-state index >= 15 is 0 Å². The fourth-order valence-corrected chi connectivity index (χ4v) is 4.89. The molecule has 0 bridgehead atoms. The molecule has 0 radical (unpaired) electrons. The van der Waals surface area contributed by atoms with Crippen LogP contribution in [0.15, 0.2) is 11.5 Å². The van der Waals surface area contributed by atoms with Gasteiger partial charge in [-0.25, -0.2) is 4.79 Å². The zero-order valence-corrected chi connectivity index (χ0v) is 18.4. The number of ether oxygens (including phenoxy) is 4. The van der Waals surface area contributed by atoms with Gasteiger partial charge in [0, 0.05) is 25.3 Å². The molecule has 3 aliphatic rings. The van der Waals surface area contributed by atoms with E-state index < -0.39 is 12.2 Å². The molecule has 7 heteroatoms. The number of fused-ring (bicyclic) bond motifs is 2. The van der Waals surface area contributed by atoms with E-state index in [-0.39, 0.29) is 47.2 Å². The van der Waals surface area contributed by atoms with Crippen LogP contribution in [0.5, 0.6) is 0 Å². The van der Waals surface area contributed by atoms with Crippen molar-refractivity contribution in [3.63, 3.8) is 0 Å². The fraction of sp³-hybridized carbons (Fsp3) is 0.810. The van der Waals surface area contributed by atoms with E-state index in [1.165, 1.54) is 24.8 Å². The van der Waals surface area contributed by atoms with Gasteiger partial charge in [0.2, 0.25) is 0 Å². The molecule has 158 valence electrons. The van der Waals surface area contributed by atoms with Crippen LogP contribution in [0, 0.1) is 11.8 Å². The molecule has 2 saturated heterocycles. The van der Waals surface area contributed by atoms with Gasteiger partial charge in [0.15, 0.2) is 0 Å². The number of carbonyl (C=O) groups excluding carboxylic acids is 2. The lowest BCUT2D eigenvalue weighted by Crippen LogP contribution is -2.46. The zero-order chi connectivity index (χ0) is 20.7. The van der Waals surface area contributed by atoms with Gasteiger partial charge in [-0.3, -0.25) is 4.79 Å². The summed E-state index contributed by atoms with van der Waals surface area (Å²) < 4.78 is 23.7. The summed E-state index contributed by atoms with van der Waals surface area (Å²) in [6.45, 7) is 9.69. The first kappa shape index (κ1) is 21.7. The van der Waals surface area contributed by atoms with E-state index in [1.54, 1.807) is 5.41 Å². The molecule has 28 heavy (non-hydrogen) atoms. The number of hydrogen-bond acceptors (Lipinski definition) is 7. The van der Waals surface area contributed by atoms with Gasteiger partial charge in [0.05, 0.1) is 17.3 Å². The smallest absolute Gasteiger partial charge is 0.331 e. The van der Waals surface area contributed by atoms with Gasteiger partial charge in [-0.2, -0.15) is 0 Å². The number of rotatable bonds is 5. The molecule has 3 rings (SSSR count). The van der Waals surface area contributed by atoms with Crippen LogP contribution >= 0.6 is 11.8 Å². The van der Waals surface area contributed by atoms with Crippen molar-refractivity contribution in [2.75, 3.05) is 6.26 Å². The Morgan fingerprint density at radius 2 is 1.89 bits per heavy atom. The van der Waals surface area contributed by atoms with E-state index in [2.05, 4.69) is 27.7 Å². The van der Waals surface area contributed by atoms with Crippen LogP contribution in [0.3, 0.4) is 0 Å². The van der Waals surface area contributed by atoms with Gasteiger partial charge >= 0.3 is 11.9 Å². The second-order valence-electron chi connectivity index (χ2n) is 8.92. The SMILES string of the molecule is CS/C=C\C(=O)O[C@H]1C[C@]2(C)O[C@H]2CC[C@]2(C)O[C@H]2[C@H](OC(C)=O)[C@@H]1C(C)C. The first-order valence-electron chi connectivity index (χ1n) is 10.0.